The third-order valence-electron chi connectivity index (χ3n) is 4.23. The molecule has 0 aliphatic heterocycles. The summed E-state index contributed by atoms with van der Waals surface area (Å²) in [6.07, 6.45) is 4.13. The zero-order chi connectivity index (χ0) is 14.2. The van der Waals surface area contributed by atoms with E-state index in [4.69, 9.17) is 0 Å². The van der Waals surface area contributed by atoms with Gasteiger partial charge in [-0.25, -0.2) is 4.98 Å². The van der Waals surface area contributed by atoms with Crippen LogP contribution in [0.1, 0.15) is 23.3 Å². The van der Waals surface area contributed by atoms with Crippen LogP contribution in [0.2, 0.25) is 0 Å². The van der Waals surface area contributed by atoms with Crippen LogP contribution < -0.4 is 0 Å². The second kappa shape index (κ2) is 4.86. The number of hydrogen-bond donors (Lipinski definition) is 1. The minimum absolute atomic E-state index is 0.0140. The Morgan fingerprint density at radius 1 is 1.00 bits per heavy atom. The maximum atomic E-state index is 10.6. The molecule has 0 fully saturated rings. The maximum absolute atomic E-state index is 10.6. The van der Waals surface area contributed by atoms with Crippen molar-refractivity contribution in [3.05, 3.63) is 78.1 Å². The molecule has 1 heterocycles. The van der Waals surface area contributed by atoms with Crippen LogP contribution in [-0.2, 0) is 6.42 Å². The first kappa shape index (κ1) is 12.4. The van der Waals surface area contributed by atoms with E-state index in [1.54, 1.807) is 6.20 Å². The molecular formula is C18H16N2O. The number of hydrogen-bond acceptors (Lipinski definition) is 2. The van der Waals surface area contributed by atoms with E-state index in [1.165, 1.54) is 5.56 Å². The fraction of sp³-hybridized carbons (Fsp3) is 0.167. The minimum atomic E-state index is -0.474. The van der Waals surface area contributed by atoms with Crippen LogP contribution in [0.5, 0.6) is 0 Å². The fourth-order valence-electron chi connectivity index (χ4n) is 3.19. The van der Waals surface area contributed by atoms with Crippen molar-refractivity contribution in [2.45, 2.75) is 18.6 Å². The van der Waals surface area contributed by atoms with Crippen molar-refractivity contribution in [1.29, 1.82) is 0 Å². The summed E-state index contributed by atoms with van der Waals surface area (Å²) in [5.74, 6) is 0.910. The smallest absolute Gasteiger partial charge is 0.140 e. The third-order valence-corrected chi connectivity index (χ3v) is 4.23. The van der Waals surface area contributed by atoms with Crippen LogP contribution in [0.15, 0.2) is 67.0 Å². The Hall–Kier alpha value is -2.39. The highest BCUT2D eigenvalue weighted by atomic mass is 16.3. The van der Waals surface area contributed by atoms with Gasteiger partial charge in [0, 0.05) is 18.0 Å². The van der Waals surface area contributed by atoms with Crippen molar-refractivity contribution in [2.24, 2.45) is 0 Å². The van der Waals surface area contributed by atoms with Gasteiger partial charge < -0.3 is 9.67 Å². The van der Waals surface area contributed by atoms with E-state index < -0.39 is 6.10 Å². The lowest BCUT2D eigenvalue weighted by molar-refractivity contribution is 0.128. The van der Waals surface area contributed by atoms with Crippen LogP contribution >= 0.6 is 0 Å². The minimum Gasteiger partial charge on any atom is -0.386 e. The van der Waals surface area contributed by atoms with Gasteiger partial charge in [-0.2, -0.15) is 0 Å². The number of aliphatic hydroxyl groups is 1. The molecule has 2 unspecified atom stereocenters. The summed E-state index contributed by atoms with van der Waals surface area (Å²) in [7, 11) is 0. The van der Waals surface area contributed by atoms with E-state index in [-0.39, 0.29) is 6.04 Å². The predicted molar refractivity (Wildman–Crippen MR) is 81.8 cm³/mol. The van der Waals surface area contributed by atoms with Crippen LogP contribution in [0, 0.1) is 0 Å². The third kappa shape index (κ3) is 1.98. The van der Waals surface area contributed by atoms with Crippen LogP contribution in [-0.4, -0.2) is 14.7 Å². The van der Waals surface area contributed by atoms with E-state index in [1.807, 2.05) is 54.7 Å². The molecule has 0 saturated carbocycles. The van der Waals surface area contributed by atoms with Crippen molar-refractivity contribution in [2.75, 3.05) is 0 Å². The highest BCUT2D eigenvalue weighted by Gasteiger charge is 2.32. The average Bonchev–Trinajstić information content (AvgIpc) is 3.13. The van der Waals surface area contributed by atoms with Crippen molar-refractivity contribution in [3.63, 3.8) is 0 Å². The molecule has 1 aliphatic rings. The van der Waals surface area contributed by atoms with Gasteiger partial charge in [0.1, 0.15) is 11.9 Å². The van der Waals surface area contributed by atoms with Crippen molar-refractivity contribution < 1.29 is 5.11 Å². The molecule has 2 atom stereocenters. The Bertz CT molecular complexity index is 764. The number of aliphatic hydroxyl groups excluding tert-OH is 1. The molecule has 0 radical (unpaired) electrons. The molecule has 0 spiro atoms. The monoisotopic (exact) mass is 276 g/mol. The predicted octanol–water partition coefficient (Wildman–Crippen LogP) is 3.38. The Kier molecular flexibility index (Phi) is 2.86. The van der Waals surface area contributed by atoms with Gasteiger partial charge in [0.05, 0.1) is 6.04 Å². The molecule has 1 N–H and O–H groups in total. The zero-order valence-corrected chi connectivity index (χ0v) is 11.6. The van der Waals surface area contributed by atoms with Crippen LogP contribution in [0.25, 0.3) is 11.4 Å². The van der Waals surface area contributed by atoms with Gasteiger partial charge in [-0.1, -0.05) is 54.6 Å². The summed E-state index contributed by atoms with van der Waals surface area (Å²) >= 11 is 0. The summed E-state index contributed by atoms with van der Waals surface area (Å²) in [5.41, 5.74) is 3.34. The largest absolute Gasteiger partial charge is 0.386 e. The summed E-state index contributed by atoms with van der Waals surface area (Å²) in [6.45, 7) is 0. The SMILES string of the molecule is OC1c2ccccc2CC1n1ccnc1-c1ccccc1. The molecule has 0 amide bonds. The highest BCUT2D eigenvalue weighted by molar-refractivity contribution is 5.55. The lowest BCUT2D eigenvalue weighted by atomic mass is 10.1. The number of nitrogens with zero attached hydrogens (tertiary/aromatic N) is 2. The number of rotatable bonds is 2. The van der Waals surface area contributed by atoms with Crippen LogP contribution in [0.3, 0.4) is 0 Å². The summed E-state index contributed by atoms with van der Waals surface area (Å²) in [6, 6.07) is 18.2. The number of imidazole rings is 1. The van der Waals surface area contributed by atoms with Gasteiger partial charge in [-0.05, 0) is 17.5 Å². The van der Waals surface area contributed by atoms with Gasteiger partial charge >= 0.3 is 0 Å². The fourth-order valence-corrected chi connectivity index (χ4v) is 3.19. The molecule has 2 aromatic carbocycles. The van der Waals surface area contributed by atoms with E-state index in [0.717, 1.165) is 23.4 Å². The molecule has 3 heteroatoms. The molecule has 1 aromatic heterocycles. The summed E-state index contributed by atoms with van der Waals surface area (Å²) in [4.78, 5) is 4.48. The first-order valence-electron chi connectivity index (χ1n) is 7.19. The van der Waals surface area contributed by atoms with Crippen molar-refractivity contribution >= 4 is 0 Å². The Morgan fingerprint density at radius 3 is 2.57 bits per heavy atom. The molecule has 0 bridgehead atoms. The standard InChI is InChI=1S/C18H16N2O/c21-17-15-9-5-4-8-14(15)12-16(17)20-11-10-19-18(20)13-6-2-1-3-7-13/h1-11,16-17,21H,12H2. The van der Waals surface area contributed by atoms with Gasteiger partial charge in [-0.15, -0.1) is 0 Å². The van der Waals surface area contributed by atoms with Gasteiger partial charge in [0.2, 0.25) is 0 Å². The van der Waals surface area contributed by atoms with E-state index in [9.17, 15) is 5.11 Å². The lowest BCUT2D eigenvalue weighted by Gasteiger charge is -2.19. The molecule has 3 aromatic rings. The van der Waals surface area contributed by atoms with Crippen molar-refractivity contribution in [1.82, 2.24) is 9.55 Å². The first-order chi connectivity index (χ1) is 10.3. The first-order valence-corrected chi connectivity index (χ1v) is 7.19. The molecular weight excluding hydrogens is 260 g/mol. The Labute approximate surface area is 123 Å². The van der Waals surface area contributed by atoms with E-state index in [0.29, 0.717) is 0 Å². The lowest BCUT2D eigenvalue weighted by Crippen LogP contribution is -2.14. The molecule has 3 nitrogen and oxygen atoms in total. The Morgan fingerprint density at radius 2 is 1.76 bits per heavy atom. The summed E-state index contributed by atoms with van der Waals surface area (Å²) in [5, 5.41) is 10.6. The quantitative estimate of drug-likeness (QED) is 0.779. The number of fused-ring (bicyclic) bond motifs is 1. The molecule has 0 saturated heterocycles. The van der Waals surface area contributed by atoms with E-state index in [2.05, 4.69) is 15.6 Å². The van der Waals surface area contributed by atoms with E-state index >= 15 is 0 Å². The molecule has 4 rings (SSSR count). The van der Waals surface area contributed by atoms with Gasteiger partial charge in [0.15, 0.2) is 0 Å². The number of aromatic nitrogens is 2. The maximum Gasteiger partial charge on any atom is 0.140 e. The second-order valence-corrected chi connectivity index (χ2v) is 5.44. The topological polar surface area (TPSA) is 38.0 Å². The normalized spacial score (nSPS) is 20.4. The highest BCUT2D eigenvalue weighted by Crippen LogP contribution is 2.40. The van der Waals surface area contributed by atoms with Crippen LogP contribution in [0.4, 0.5) is 0 Å². The number of benzene rings is 2. The second-order valence-electron chi connectivity index (χ2n) is 5.44. The van der Waals surface area contributed by atoms with Gasteiger partial charge in [-0.3, -0.25) is 0 Å². The average molecular weight is 276 g/mol. The molecule has 21 heavy (non-hydrogen) atoms. The zero-order valence-electron chi connectivity index (χ0n) is 11.6. The Balaban J connectivity index is 1.76. The van der Waals surface area contributed by atoms with Gasteiger partial charge in [0.25, 0.3) is 0 Å². The molecule has 104 valence electrons. The summed E-state index contributed by atoms with van der Waals surface area (Å²) < 4.78 is 2.10. The molecule has 1 aliphatic carbocycles. The van der Waals surface area contributed by atoms with Crippen molar-refractivity contribution in [3.8, 4) is 11.4 Å².